The minimum absolute atomic E-state index is 0.101. The van der Waals surface area contributed by atoms with Crippen molar-refractivity contribution in [2.24, 2.45) is 0 Å². The summed E-state index contributed by atoms with van der Waals surface area (Å²) in [6.45, 7) is -0.417. The number of ether oxygens (including phenoxy) is 1. The van der Waals surface area contributed by atoms with Gasteiger partial charge in [-0.2, -0.15) is 5.10 Å². The maximum atomic E-state index is 9.97. The fourth-order valence-electron chi connectivity index (χ4n) is 2.27. The van der Waals surface area contributed by atoms with E-state index >= 15 is 0 Å². The van der Waals surface area contributed by atoms with Crippen LogP contribution in [0, 0.1) is 0 Å². The molecule has 1 aliphatic rings. The number of aromatic amines is 1. The molecule has 0 aromatic carbocycles. The monoisotopic (exact) mass is 283 g/mol. The zero-order chi connectivity index (χ0) is 14.3. The van der Waals surface area contributed by atoms with Gasteiger partial charge in [-0.25, -0.2) is 9.97 Å². The summed E-state index contributed by atoms with van der Waals surface area (Å²) in [5.41, 5.74) is 2.83. The van der Waals surface area contributed by atoms with E-state index < -0.39 is 31.0 Å². The van der Waals surface area contributed by atoms with E-state index in [2.05, 4.69) is 20.2 Å². The van der Waals surface area contributed by atoms with Crippen LogP contribution in [0.25, 0.3) is 11.0 Å². The number of nitrogens with zero attached hydrogens (tertiary/aromatic N) is 3. The third-order valence-corrected chi connectivity index (χ3v) is 3.30. The smallest absolute Gasteiger partial charge is 0.181 e. The highest BCUT2D eigenvalue weighted by molar-refractivity contribution is 5.86. The van der Waals surface area contributed by atoms with Gasteiger partial charge in [0.1, 0.15) is 36.3 Å². The van der Waals surface area contributed by atoms with Crippen LogP contribution in [-0.2, 0) is 4.74 Å². The average Bonchev–Trinajstić information content (AvgIpc) is 3.01. The Hall–Kier alpha value is -1.85. The van der Waals surface area contributed by atoms with Crippen LogP contribution < -0.4 is 5.48 Å². The zero-order valence-corrected chi connectivity index (χ0v) is 10.1. The van der Waals surface area contributed by atoms with E-state index in [0.717, 1.165) is 0 Å². The molecule has 2 aromatic heterocycles. The molecule has 1 fully saturated rings. The molecule has 3 heterocycles. The highest BCUT2D eigenvalue weighted by atomic mass is 16.6. The van der Waals surface area contributed by atoms with Gasteiger partial charge in [0.2, 0.25) is 0 Å². The molecule has 10 nitrogen and oxygen atoms in total. The van der Waals surface area contributed by atoms with E-state index in [1.807, 2.05) is 5.48 Å². The summed E-state index contributed by atoms with van der Waals surface area (Å²) >= 11 is 0. The number of aliphatic hydroxyl groups is 3. The number of aliphatic hydroxyl groups excluding tert-OH is 3. The fraction of sp³-hybridized carbons (Fsp3) is 0.500. The molecule has 1 aliphatic heterocycles. The van der Waals surface area contributed by atoms with Crippen molar-refractivity contribution in [3.05, 3.63) is 12.0 Å². The lowest BCUT2D eigenvalue weighted by atomic mass is 10.1. The Balaban J connectivity index is 2.03. The van der Waals surface area contributed by atoms with Gasteiger partial charge in [-0.1, -0.05) is 0 Å². The number of rotatable bonds is 3. The first kappa shape index (κ1) is 13.1. The normalized spacial score (nSPS) is 30.0. The molecule has 2 aromatic rings. The predicted octanol–water partition coefficient (Wildman–Crippen LogP) is -1.69. The second-order valence-electron chi connectivity index (χ2n) is 4.43. The Labute approximate surface area is 112 Å². The van der Waals surface area contributed by atoms with Crippen LogP contribution in [0.2, 0.25) is 0 Å². The van der Waals surface area contributed by atoms with Crippen LogP contribution in [0.3, 0.4) is 0 Å². The third kappa shape index (κ3) is 1.82. The van der Waals surface area contributed by atoms with Crippen LogP contribution in [0.15, 0.2) is 6.33 Å². The molecule has 0 bridgehead atoms. The minimum Gasteiger partial charge on any atom is -0.394 e. The van der Waals surface area contributed by atoms with Crippen molar-refractivity contribution in [2.45, 2.75) is 24.4 Å². The van der Waals surface area contributed by atoms with Gasteiger partial charge in [-0.15, -0.1) is 0 Å². The third-order valence-electron chi connectivity index (χ3n) is 3.30. The highest BCUT2D eigenvalue weighted by Gasteiger charge is 2.44. The Morgan fingerprint density at radius 2 is 2.05 bits per heavy atom. The van der Waals surface area contributed by atoms with E-state index in [9.17, 15) is 10.2 Å². The summed E-state index contributed by atoms with van der Waals surface area (Å²) in [4.78, 5) is 7.80. The molecule has 0 saturated carbocycles. The van der Waals surface area contributed by atoms with Gasteiger partial charge in [0.05, 0.1) is 12.3 Å². The van der Waals surface area contributed by atoms with Crippen LogP contribution in [0.5, 0.6) is 0 Å². The van der Waals surface area contributed by atoms with Crippen LogP contribution >= 0.6 is 0 Å². The summed E-state index contributed by atoms with van der Waals surface area (Å²) in [6, 6.07) is 0. The van der Waals surface area contributed by atoms with Crippen molar-refractivity contribution >= 4 is 16.9 Å². The predicted molar refractivity (Wildman–Crippen MR) is 63.8 cm³/mol. The fourth-order valence-corrected chi connectivity index (χ4v) is 2.27. The Morgan fingerprint density at radius 1 is 1.25 bits per heavy atom. The van der Waals surface area contributed by atoms with Gasteiger partial charge in [-0.05, 0) is 0 Å². The lowest BCUT2D eigenvalue weighted by Gasteiger charge is -2.12. The van der Waals surface area contributed by atoms with Crippen molar-refractivity contribution in [1.82, 2.24) is 20.2 Å². The van der Waals surface area contributed by atoms with Crippen molar-refractivity contribution in [1.29, 1.82) is 0 Å². The van der Waals surface area contributed by atoms with E-state index in [1.54, 1.807) is 0 Å². The maximum absolute atomic E-state index is 9.97. The molecule has 0 amide bonds. The Morgan fingerprint density at radius 3 is 2.70 bits per heavy atom. The number of anilines is 1. The summed E-state index contributed by atoms with van der Waals surface area (Å²) in [6.07, 6.45) is -3.02. The van der Waals surface area contributed by atoms with Crippen LogP contribution in [-0.4, -0.2) is 65.6 Å². The number of hydrogen-bond acceptors (Lipinski definition) is 9. The summed E-state index contributed by atoms with van der Waals surface area (Å²) in [7, 11) is 0. The lowest BCUT2D eigenvalue weighted by Crippen LogP contribution is -2.32. The first-order chi connectivity index (χ1) is 9.67. The Kier molecular flexibility index (Phi) is 3.23. The van der Waals surface area contributed by atoms with E-state index in [4.69, 9.17) is 15.1 Å². The summed E-state index contributed by atoms with van der Waals surface area (Å²) in [5.74, 6) is 0.101. The lowest BCUT2D eigenvalue weighted by molar-refractivity contribution is -0.0236. The summed E-state index contributed by atoms with van der Waals surface area (Å²) < 4.78 is 5.40. The highest BCUT2D eigenvalue weighted by Crippen LogP contribution is 2.35. The molecule has 108 valence electrons. The molecule has 0 radical (unpaired) electrons. The molecule has 0 unspecified atom stereocenters. The topological polar surface area (TPSA) is 157 Å². The van der Waals surface area contributed by atoms with E-state index in [-0.39, 0.29) is 11.3 Å². The number of aromatic nitrogens is 4. The van der Waals surface area contributed by atoms with Crippen molar-refractivity contribution in [2.75, 3.05) is 12.1 Å². The second-order valence-corrected chi connectivity index (χ2v) is 4.43. The quantitative estimate of drug-likeness (QED) is 0.361. The molecular weight excluding hydrogens is 270 g/mol. The molecular formula is C10H13N5O5. The molecule has 3 rings (SSSR count). The molecule has 10 heteroatoms. The maximum Gasteiger partial charge on any atom is 0.181 e. The molecule has 0 spiro atoms. The van der Waals surface area contributed by atoms with Crippen molar-refractivity contribution in [3.8, 4) is 0 Å². The first-order valence-corrected chi connectivity index (χ1v) is 5.89. The van der Waals surface area contributed by atoms with Gasteiger partial charge in [-0.3, -0.25) is 15.8 Å². The largest absolute Gasteiger partial charge is 0.394 e. The first-order valence-electron chi connectivity index (χ1n) is 5.89. The van der Waals surface area contributed by atoms with Gasteiger partial charge in [0.25, 0.3) is 0 Å². The number of fused-ring (bicyclic) bond motifs is 1. The van der Waals surface area contributed by atoms with E-state index in [1.165, 1.54) is 6.33 Å². The van der Waals surface area contributed by atoms with Crippen LogP contribution in [0.4, 0.5) is 5.82 Å². The van der Waals surface area contributed by atoms with Crippen molar-refractivity contribution in [3.63, 3.8) is 0 Å². The average molecular weight is 283 g/mol. The number of H-pyrrole nitrogens is 1. The minimum atomic E-state index is -1.23. The van der Waals surface area contributed by atoms with Gasteiger partial charge >= 0.3 is 0 Å². The molecule has 1 saturated heterocycles. The van der Waals surface area contributed by atoms with Crippen molar-refractivity contribution < 1.29 is 25.3 Å². The number of nitrogens with one attached hydrogen (secondary N) is 2. The van der Waals surface area contributed by atoms with Gasteiger partial charge < -0.3 is 20.1 Å². The van der Waals surface area contributed by atoms with Crippen LogP contribution in [0.1, 0.15) is 11.8 Å². The zero-order valence-electron chi connectivity index (χ0n) is 10.1. The SMILES string of the molecule is OC[C@@H]1O[C@@H](c2[nH]nc3c(NO)ncnc23)[C@H](O)[C@@H]1O. The van der Waals surface area contributed by atoms with Gasteiger partial charge in [0, 0.05) is 0 Å². The summed E-state index contributed by atoms with van der Waals surface area (Å²) in [5, 5.41) is 44.3. The Bertz CT molecular complexity index is 619. The second kappa shape index (κ2) is 4.92. The molecule has 0 aliphatic carbocycles. The standard InChI is InChI=1S/C10H13N5O5/c16-1-3-7(17)8(18)9(20-3)5-4-6(14-13-5)10(15-19)12-2-11-4/h2-3,7-9,16-19H,1H2,(H,13,14)(H,11,12,15)/t3-,7+,8+,9-/m0/s1. The molecule has 4 atom stereocenters. The molecule has 20 heavy (non-hydrogen) atoms. The number of hydrogen-bond donors (Lipinski definition) is 6. The molecule has 6 N–H and O–H groups in total. The van der Waals surface area contributed by atoms with Gasteiger partial charge in [0.15, 0.2) is 11.3 Å². The van der Waals surface area contributed by atoms with E-state index in [0.29, 0.717) is 11.2 Å².